The minimum atomic E-state index is -0.269. The van der Waals surface area contributed by atoms with E-state index in [0.717, 1.165) is 18.5 Å². The summed E-state index contributed by atoms with van der Waals surface area (Å²) in [5.74, 6) is 0. The molecule has 6 rings (SSSR count). The maximum atomic E-state index is 8.00. The Hall–Kier alpha value is -3.88. The third-order valence-electron chi connectivity index (χ3n) is 7.34. The summed E-state index contributed by atoms with van der Waals surface area (Å²) in [5.41, 5.74) is 0. The predicted octanol–water partition coefficient (Wildman–Crippen LogP) is 9.73. The smallest absolute Gasteiger partial charge is 0.106 e. The molecule has 0 unspecified atom stereocenters. The Kier molecular flexibility index (Phi) is 22.8. The van der Waals surface area contributed by atoms with E-state index in [1.54, 1.807) is 0 Å². The van der Waals surface area contributed by atoms with Crippen LogP contribution in [-0.2, 0) is 24.3 Å². The number of hydrogen-bond acceptors (Lipinski definition) is 1. The summed E-state index contributed by atoms with van der Waals surface area (Å²) in [7, 11) is -0.807. The Morgan fingerprint density at radius 2 is 0.451 bits per heavy atom. The van der Waals surface area contributed by atoms with Gasteiger partial charge in [-0.3, -0.25) is 0 Å². The number of carbonyl (C=O) groups is 1. The number of rotatable bonds is 12. The summed E-state index contributed by atoms with van der Waals surface area (Å²) in [6, 6.07) is 64.2. The molecule has 51 heavy (non-hydrogen) atoms. The average molecular weight is 812 g/mol. The minimum absolute atomic E-state index is 0. The average Bonchev–Trinajstić information content (AvgIpc) is 3.21. The van der Waals surface area contributed by atoms with E-state index in [1.807, 2.05) is 25.0 Å². The van der Waals surface area contributed by atoms with Crippen molar-refractivity contribution >= 4 is 62.4 Å². The van der Waals surface area contributed by atoms with Gasteiger partial charge in [-0.05, 0) is 74.1 Å². The molecule has 261 valence electrons. The van der Waals surface area contributed by atoms with Gasteiger partial charge in [0, 0.05) is 19.5 Å². The minimum Gasteiger partial charge on any atom is -0.307 e. The molecule has 0 bridgehead atoms. The van der Waals surface area contributed by atoms with Crippen LogP contribution in [0.15, 0.2) is 220 Å². The van der Waals surface area contributed by atoms with Gasteiger partial charge in [0.1, 0.15) is 6.79 Å². The first-order valence-corrected chi connectivity index (χ1v) is 21.1. The fourth-order valence-corrected chi connectivity index (χ4v) is 11.2. The Balaban J connectivity index is 0.000000256. The van der Waals surface area contributed by atoms with Gasteiger partial charge in [-0.25, -0.2) is 0 Å². The third kappa shape index (κ3) is 15.1. The third-order valence-corrected chi connectivity index (χ3v) is 14.7. The molecule has 0 saturated carbocycles. The molecule has 0 atom stereocenters. The SMILES string of the molecule is C=CCP(c1ccccc1)c1ccccc1.C=CCP(c1ccccc1)c1ccccc1.C=CCP(c1ccccc1)c1ccccc1.C=O.[Rh]. The molecule has 6 aromatic carbocycles. The van der Waals surface area contributed by atoms with E-state index in [4.69, 9.17) is 4.79 Å². The van der Waals surface area contributed by atoms with Crippen LogP contribution in [0.5, 0.6) is 0 Å². The van der Waals surface area contributed by atoms with E-state index in [0.29, 0.717) is 0 Å². The number of carbonyl (C=O) groups excluding carboxylic acids is 1. The van der Waals surface area contributed by atoms with Crippen molar-refractivity contribution in [3.63, 3.8) is 0 Å². The molecular weight excluding hydrogens is 764 g/mol. The summed E-state index contributed by atoms with van der Waals surface area (Å²) in [6.07, 6.45) is 9.19. The summed E-state index contributed by atoms with van der Waals surface area (Å²) in [4.78, 5) is 8.00. The normalized spacial score (nSPS) is 9.78. The van der Waals surface area contributed by atoms with Crippen molar-refractivity contribution in [1.29, 1.82) is 0 Å². The van der Waals surface area contributed by atoms with Gasteiger partial charge in [0.25, 0.3) is 0 Å². The molecule has 1 nitrogen and oxygen atoms in total. The van der Waals surface area contributed by atoms with Crippen molar-refractivity contribution in [2.45, 2.75) is 0 Å². The molecule has 0 amide bonds. The summed E-state index contributed by atoms with van der Waals surface area (Å²) in [5, 5.41) is 8.52. The van der Waals surface area contributed by atoms with Gasteiger partial charge < -0.3 is 4.79 Å². The predicted molar refractivity (Wildman–Crippen MR) is 230 cm³/mol. The molecule has 0 aliphatic carbocycles. The number of allylic oxidation sites excluding steroid dienone is 3. The Morgan fingerprint density at radius 3 is 0.569 bits per heavy atom. The van der Waals surface area contributed by atoms with Gasteiger partial charge >= 0.3 is 0 Å². The van der Waals surface area contributed by atoms with E-state index in [2.05, 4.69) is 202 Å². The van der Waals surface area contributed by atoms with E-state index >= 15 is 0 Å². The summed E-state index contributed by atoms with van der Waals surface area (Å²) < 4.78 is 0. The second-order valence-electron chi connectivity index (χ2n) is 10.7. The Labute approximate surface area is 323 Å². The van der Waals surface area contributed by atoms with Crippen LogP contribution in [0.4, 0.5) is 0 Å². The zero-order valence-electron chi connectivity index (χ0n) is 29.1. The van der Waals surface area contributed by atoms with Crippen LogP contribution >= 0.6 is 23.8 Å². The van der Waals surface area contributed by atoms with Crippen LogP contribution in [0.25, 0.3) is 0 Å². The molecule has 0 spiro atoms. The molecule has 0 fully saturated rings. The maximum Gasteiger partial charge on any atom is 0.106 e. The van der Waals surface area contributed by atoms with Gasteiger partial charge in [0.2, 0.25) is 0 Å². The molecular formula is C46H47OP3Rh. The molecule has 0 N–H and O–H groups in total. The van der Waals surface area contributed by atoms with Gasteiger partial charge in [0.15, 0.2) is 0 Å². The molecule has 0 aliphatic rings. The van der Waals surface area contributed by atoms with Gasteiger partial charge in [-0.15, -0.1) is 19.7 Å². The molecule has 6 aromatic rings. The van der Waals surface area contributed by atoms with Crippen LogP contribution in [0, 0.1) is 0 Å². The van der Waals surface area contributed by atoms with Crippen LogP contribution in [0.2, 0.25) is 0 Å². The molecule has 1 radical (unpaired) electrons. The van der Waals surface area contributed by atoms with Crippen molar-refractivity contribution in [1.82, 2.24) is 0 Å². The number of hydrogen-bond donors (Lipinski definition) is 0. The van der Waals surface area contributed by atoms with Crippen molar-refractivity contribution < 1.29 is 24.3 Å². The molecule has 0 heterocycles. The first-order chi connectivity index (χ1) is 24.7. The fraction of sp³-hybridized carbons (Fsp3) is 0.0652. The maximum absolute atomic E-state index is 8.00. The standard InChI is InChI=1S/3C15H15P.CH2O.Rh/c3*1-2-13-16(14-9-5-3-6-10-14)15-11-7-4-8-12-15;1-2;/h3*2-12H,1,13H2;1H2;. The molecule has 0 aliphatic heterocycles. The van der Waals surface area contributed by atoms with Crippen molar-refractivity contribution in [3.05, 3.63) is 220 Å². The van der Waals surface area contributed by atoms with E-state index in [-0.39, 0.29) is 43.2 Å². The van der Waals surface area contributed by atoms with Crippen LogP contribution in [-0.4, -0.2) is 25.3 Å². The zero-order chi connectivity index (χ0) is 35.7. The second kappa shape index (κ2) is 26.9. The Morgan fingerprint density at radius 1 is 0.314 bits per heavy atom. The molecule has 5 heteroatoms. The monoisotopic (exact) mass is 811 g/mol. The van der Waals surface area contributed by atoms with Crippen molar-refractivity contribution in [2.24, 2.45) is 0 Å². The quantitative estimate of drug-likeness (QED) is 0.0684. The van der Waals surface area contributed by atoms with Gasteiger partial charge in [0.05, 0.1) is 0 Å². The largest absolute Gasteiger partial charge is 0.307 e. The second-order valence-corrected chi connectivity index (χ2v) is 17.5. The Bertz CT molecular complexity index is 1420. The summed E-state index contributed by atoms with van der Waals surface area (Å²) in [6.45, 7) is 13.6. The topological polar surface area (TPSA) is 17.1 Å². The van der Waals surface area contributed by atoms with Crippen molar-refractivity contribution in [3.8, 4) is 0 Å². The van der Waals surface area contributed by atoms with E-state index in [9.17, 15) is 0 Å². The van der Waals surface area contributed by atoms with Crippen molar-refractivity contribution in [2.75, 3.05) is 18.5 Å². The van der Waals surface area contributed by atoms with E-state index < -0.39 is 0 Å². The first-order valence-electron chi connectivity index (χ1n) is 16.5. The fourth-order valence-electron chi connectivity index (χ4n) is 5.11. The number of benzene rings is 6. The molecule has 0 saturated heterocycles. The summed E-state index contributed by atoms with van der Waals surface area (Å²) >= 11 is 0. The molecule has 0 aromatic heterocycles. The zero-order valence-corrected chi connectivity index (χ0v) is 33.4. The first kappa shape index (κ1) is 43.3. The van der Waals surface area contributed by atoms with Crippen LogP contribution in [0.1, 0.15) is 0 Å². The van der Waals surface area contributed by atoms with E-state index in [1.165, 1.54) is 31.8 Å². The van der Waals surface area contributed by atoms with Crippen LogP contribution < -0.4 is 31.8 Å². The van der Waals surface area contributed by atoms with Crippen LogP contribution in [0.3, 0.4) is 0 Å². The van der Waals surface area contributed by atoms with Gasteiger partial charge in [-0.1, -0.05) is 200 Å². The van der Waals surface area contributed by atoms with Gasteiger partial charge in [-0.2, -0.15) is 0 Å².